The molecule has 1 saturated carbocycles. The van der Waals surface area contributed by atoms with Gasteiger partial charge in [-0.2, -0.15) is 0 Å². The molecule has 1 aromatic carbocycles. The molecule has 1 aromatic rings. The average Bonchev–Trinajstić information content (AvgIpc) is 3.15. The molecule has 2 heteroatoms. The van der Waals surface area contributed by atoms with Crippen LogP contribution in [0.1, 0.15) is 43.2 Å². The number of benzene rings is 1. The van der Waals surface area contributed by atoms with E-state index < -0.39 is 0 Å². The zero-order valence-corrected chi connectivity index (χ0v) is 17.8. The zero-order chi connectivity index (χ0) is 19.9. The molecule has 2 aliphatic rings. The molecule has 2 nitrogen and oxygen atoms in total. The van der Waals surface area contributed by atoms with Crippen molar-refractivity contribution in [2.45, 2.75) is 51.6 Å². The van der Waals surface area contributed by atoms with Gasteiger partial charge in [-0.1, -0.05) is 65.8 Å². The Morgan fingerprint density at radius 1 is 1.18 bits per heavy atom. The first kappa shape index (κ1) is 21.1. The van der Waals surface area contributed by atoms with E-state index in [1.165, 1.54) is 23.1 Å². The molecular formula is C26H37NO. The molecule has 3 rings (SSSR count). The summed E-state index contributed by atoms with van der Waals surface area (Å²) in [7, 11) is 4.26. The molecular weight excluding hydrogens is 342 g/mol. The maximum Gasteiger partial charge on any atom is 0.0611 e. The second-order valence-corrected chi connectivity index (χ2v) is 8.96. The smallest absolute Gasteiger partial charge is 0.0611 e. The van der Waals surface area contributed by atoms with E-state index in [2.05, 4.69) is 80.6 Å². The third-order valence-corrected chi connectivity index (χ3v) is 6.25. The SMILES string of the molecule is Cc1cccc(CCC=C[C@@H]2[C@H]3CC(C=CCCCN(C)C)=C[C@H]3C[C@H]2O)c1. The Bertz CT molecular complexity index is 715. The molecule has 0 heterocycles. The third-order valence-electron chi connectivity index (χ3n) is 6.25. The molecule has 0 spiro atoms. The topological polar surface area (TPSA) is 23.5 Å². The molecule has 28 heavy (non-hydrogen) atoms. The van der Waals surface area contributed by atoms with Gasteiger partial charge in [-0.05, 0) is 83.5 Å². The Hall–Kier alpha value is -1.64. The van der Waals surface area contributed by atoms with Crippen LogP contribution in [0, 0.1) is 24.7 Å². The van der Waals surface area contributed by atoms with Gasteiger partial charge in [0.25, 0.3) is 0 Å². The first-order chi connectivity index (χ1) is 13.5. The van der Waals surface area contributed by atoms with Crippen molar-refractivity contribution in [3.05, 3.63) is 71.3 Å². The van der Waals surface area contributed by atoms with E-state index in [1.807, 2.05) is 0 Å². The van der Waals surface area contributed by atoms with Crippen molar-refractivity contribution in [3.8, 4) is 0 Å². The second-order valence-electron chi connectivity index (χ2n) is 8.96. The molecule has 0 radical (unpaired) electrons. The van der Waals surface area contributed by atoms with Crippen molar-refractivity contribution in [2.75, 3.05) is 20.6 Å². The summed E-state index contributed by atoms with van der Waals surface area (Å²) in [5, 5.41) is 10.5. The Morgan fingerprint density at radius 3 is 2.82 bits per heavy atom. The lowest BCUT2D eigenvalue weighted by atomic mass is 9.89. The second kappa shape index (κ2) is 10.2. The number of unbranched alkanes of at least 4 members (excludes halogenated alkanes) is 1. The van der Waals surface area contributed by atoms with Crippen LogP contribution in [0.25, 0.3) is 0 Å². The molecule has 0 unspecified atom stereocenters. The highest BCUT2D eigenvalue weighted by atomic mass is 16.3. The quantitative estimate of drug-likeness (QED) is 0.463. The number of nitrogens with zero attached hydrogens (tertiary/aromatic N) is 1. The normalized spacial score (nSPS) is 27.2. The summed E-state index contributed by atoms with van der Waals surface area (Å²) in [6.07, 6.45) is 18.1. The molecule has 1 N–H and O–H groups in total. The molecule has 4 atom stereocenters. The van der Waals surface area contributed by atoms with Gasteiger partial charge in [-0.15, -0.1) is 0 Å². The van der Waals surface area contributed by atoms with Crippen LogP contribution in [0.5, 0.6) is 0 Å². The minimum Gasteiger partial charge on any atom is -0.392 e. The van der Waals surface area contributed by atoms with Gasteiger partial charge in [0.15, 0.2) is 0 Å². The van der Waals surface area contributed by atoms with E-state index in [4.69, 9.17) is 0 Å². The first-order valence-electron chi connectivity index (χ1n) is 10.9. The summed E-state index contributed by atoms with van der Waals surface area (Å²) in [6.45, 7) is 3.30. The highest BCUT2D eigenvalue weighted by Gasteiger charge is 2.42. The van der Waals surface area contributed by atoms with E-state index in [0.717, 1.165) is 38.6 Å². The van der Waals surface area contributed by atoms with Crippen molar-refractivity contribution in [3.63, 3.8) is 0 Å². The van der Waals surface area contributed by atoms with E-state index in [1.54, 1.807) is 0 Å². The lowest BCUT2D eigenvalue weighted by molar-refractivity contribution is 0.141. The maximum atomic E-state index is 10.5. The van der Waals surface area contributed by atoms with Crippen LogP contribution in [0.2, 0.25) is 0 Å². The van der Waals surface area contributed by atoms with Crippen molar-refractivity contribution >= 4 is 0 Å². The lowest BCUT2D eigenvalue weighted by Gasteiger charge is -2.17. The van der Waals surface area contributed by atoms with Gasteiger partial charge >= 0.3 is 0 Å². The number of aliphatic hydroxyl groups excluding tert-OH is 1. The van der Waals surface area contributed by atoms with Crippen LogP contribution in [0.3, 0.4) is 0 Å². The fourth-order valence-electron chi connectivity index (χ4n) is 4.80. The minimum atomic E-state index is -0.174. The number of fused-ring (bicyclic) bond motifs is 1. The van der Waals surface area contributed by atoms with Crippen LogP contribution in [0.4, 0.5) is 0 Å². The average molecular weight is 380 g/mol. The minimum absolute atomic E-state index is 0.174. The van der Waals surface area contributed by atoms with Gasteiger partial charge in [0, 0.05) is 5.92 Å². The molecule has 0 aliphatic heterocycles. The summed E-state index contributed by atoms with van der Waals surface area (Å²) < 4.78 is 0. The largest absolute Gasteiger partial charge is 0.392 e. The number of allylic oxidation sites excluding steroid dienone is 5. The fraction of sp³-hybridized carbons (Fsp3) is 0.538. The number of hydrogen-bond donors (Lipinski definition) is 1. The standard InChI is InChI=1S/C26H37NO/c1-20-10-9-13-21(16-20)11-6-7-14-24-25-18-22(17-23(25)19-26(24)28)12-5-4-8-15-27(2)3/h5,7,9-10,12-14,16-17,23-26,28H,4,6,8,11,15,18-19H2,1-3H3/t23-,24+,25-,26+/m0/s1. The number of hydrogen-bond acceptors (Lipinski definition) is 2. The van der Waals surface area contributed by atoms with Crippen LogP contribution in [-0.2, 0) is 6.42 Å². The van der Waals surface area contributed by atoms with E-state index in [-0.39, 0.29) is 6.10 Å². The summed E-state index contributed by atoms with van der Waals surface area (Å²) in [6, 6.07) is 8.76. The van der Waals surface area contributed by atoms with Crippen molar-refractivity contribution < 1.29 is 5.11 Å². The van der Waals surface area contributed by atoms with E-state index >= 15 is 0 Å². The monoisotopic (exact) mass is 379 g/mol. The van der Waals surface area contributed by atoms with Crippen molar-refractivity contribution in [1.29, 1.82) is 0 Å². The molecule has 0 bridgehead atoms. The van der Waals surface area contributed by atoms with Crippen LogP contribution < -0.4 is 0 Å². The zero-order valence-electron chi connectivity index (χ0n) is 17.8. The molecule has 0 aromatic heterocycles. The van der Waals surface area contributed by atoms with Gasteiger partial charge in [-0.3, -0.25) is 0 Å². The Balaban J connectivity index is 1.46. The summed E-state index contributed by atoms with van der Waals surface area (Å²) >= 11 is 0. The highest BCUT2D eigenvalue weighted by Crippen LogP contribution is 2.47. The number of rotatable bonds is 9. The van der Waals surface area contributed by atoms with Gasteiger partial charge in [0.2, 0.25) is 0 Å². The Kier molecular flexibility index (Phi) is 7.70. The molecule has 152 valence electrons. The summed E-state index contributed by atoms with van der Waals surface area (Å²) in [5.41, 5.74) is 4.21. The van der Waals surface area contributed by atoms with E-state index in [9.17, 15) is 5.11 Å². The summed E-state index contributed by atoms with van der Waals surface area (Å²) in [4.78, 5) is 2.24. The van der Waals surface area contributed by atoms with Crippen LogP contribution in [-0.4, -0.2) is 36.8 Å². The van der Waals surface area contributed by atoms with Crippen LogP contribution >= 0.6 is 0 Å². The first-order valence-corrected chi connectivity index (χ1v) is 10.9. The van der Waals surface area contributed by atoms with Crippen molar-refractivity contribution in [1.82, 2.24) is 4.90 Å². The highest BCUT2D eigenvalue weighted by molar-refractivity contribution is 5.29. The number of aryl methyl sites for hydroxylation is 2. The predicted molar refractivity (Wildman–Crippen MR) is 119 cm³/mol. The molecule has 2 aliphatic carbocycles. The lowest BCUT2D eigenvalue weighted by Crippen LogP contribution is -2.16. The van der Waals surface area contributed by atoms with Gasteiger partial charge in [0.05, 0.1) is 6.10 Å². The van der Waals surface area contributed by atoms with Crippen molar-refractivity contribution in [2.24, 2.45) is 17.8 Å². The van der Waals surface area contributed by atoms with Gasteiger partial charge in [0.1, 0.15) is 0 Å². The summed E-state index contributed by atoms with van der Waals surface area (Å²) in [5.74, 6) is 1.47. The fourth-order valence-corrected chi connectivity index (χ4v) is 4.80. The van der Waals surface area contributed by atoms with Crippen LogP contribution in [0.15, 0.2) is 60.2 Å². The maximum absolute atomic E-state index is 10.5. The van der Waals surface area contributed by atoms with E-state index in [0.29, 0.717) is 17.8 Å². The third kappa shape index (κ3) is 5.93. The van der Waals surface area contributed by atoms with Gasteiger partial charge in [-0.25, -0.2) is 0 Å². The number of aliphatic hydroxyl groups is 1. The molecule has 0 amide bonds. The Labute approximate surface area is 171 Å². The van der Waals surface area contributed by atoms with Gasteiger partial charge < -0.3 is 10.0 Å². The molecule has 0 saturated heterocycles. The molecule has 1 fully saturated rings. The predicted octanol–water partition coefficient (Wildman–Crippen LogP) is 5.33. The Morgan fingerprint density at radius 2 is 2.04 bits per heavy atom.